The average molecular weight is 320 g/mol. The van der Waals surface area contributed by atoms with E-state index < -0.39 is 0 Å². The molecule has 0 heterocycles. The molecule has 0 bridgehead atoms. The first-order chi connectivity index (χ1) is 10.1. The Morgan fingerprint density at radius 2 is 1.81 bits per heavy atom. The average Bonchev–Trinajstić information content (AvgIpc) is 2.48. The van der Waals surface area contributed by atoms with Gasteiger partial charge in [0.2, 0.25) is 0 Å². The minimum absolute atomic E-state index is 0.319. The third kappa shape index (κ3) is 4.77. The molecule has 0 amide bonds. The number of halogens is 1. The first kappa shape index (κ1) is 16.4. The molecule has 112 valence electrons. The standard InChI is InChI=1S/C18H22ClNS/c1-4-20-18(15-8-7-14(3)17(19)11-15)12-21-16-9-5-13(2)6-10-16/h5-11,18,20H,4,12H2,1-3H3. The number of hydrogen-bond acceptors (Lipinski definition) is 2. The van der Waals surface area contributed by atoms with E-state index in [0.29, 0.717) is 6.04 Å². The zero-order valence-electron chi connectivity index (χ0n) is 12.8. The highest BCUT2D eigenvalue weighted by molar-refractivity contribution is 7.99. The molecule has 1 N–H and O–H groups in total. The summed E-state index contributed by atoms with van der Waals surface area (Å²) in [5.74, 6) is 0.996. The van der Waals surface area contributed by atoms with Gasteiger partial charge >= 0.3 is 0 Å². The summed E-state index contributed by atoms with van der Waals surface area (Å²) in [5, 5.41) is 4.39. The molecule has 21 heavy (non-hydrogen) atoms. The van der Waals surface area contributed by atoms with Crippen LogP contribution in [0.1, 0.15) is 29.7 Å². The van der Waals surface area contributed by atoms with Gasteiger partial charge in [0.05, 0.1) is 0 Å². The fourth-order valence-corrected chi connectivity index (χ4v) is 3.35. The van der Waals surface area contributed by atoms with Crippen molar-refractivity contribution in [3.8, 4) is 0 Å². The molecular weight excluding hydrogens is 298 g/mol. The molecule has 0 aliphatic rings. The van der Waals surface area contributed by atoms with Gasteiger partial charge in [-0.25, -0.2) is 0 Å². The highest BCUT2D eigenvalue weighted by Gasteiger charge is 2.12. The van der Waals surface area contributed by atoms with E-state index in [4.69, 9.17) is 11.6 Å². The second kappa shape index (κ2) is 7.88. The van der Waals surface area contributed by atoms with Crippen LogP contribution in [0.25, 0.3) is 0 Å². The van der Waals surface area contributed by atoms with E-state index >= 15 is 0 Å². The van der Waals surface area contributed by atoms with Gasteiger partial charge in [-0.15, -0.1) is 11.8 Å². The Labute approximate surface area is 137 Å². The zero-order valence-corrected chi connectivity index (χ0v) is 14.4. The maximum Gasteiger partial charge on any atom is 0.0438 e. The first-order valence-corrected chi connectivity index (χ1v) is 8.65. The summed E-state index contributed by atoms with van der Waals surface area (Å²) >= 11 is 8.13. The van der Waals surface area contributed by atoms with Gasteiger partial charge in [0.25, 0.3) is 0 Å². The highest BCUT2D eigenvalue weighted by Crippen LogP contribution is 2.27. The van der Waals surface area contributed by atoms with Crippen LogP contribution in [0.5, 0.6) is 0 Å². The number of hydrogen-bond donors (Lipinski definition) is 1. The van der Waals surface area contributed by atoms with Gasteiger partial charge in [0.1, 0.15) is 0 Å². The van der Waals surface area contributed by atoms with Crippen LogP contribution >= 0.6 is 23.4 Å². The summed E-state index contributed by atoms with van der Waals surface area (Å²) in [6.45, 7) is 7.24. The maximum atomic E-state index is 6.26. The van der Waals surface area contributed by atoms with Crippen molar-refractivity contribution < 1.29 is 0 Å². The summed E-state index contributed by atoms with van der Waals surface area (Å²) in [6, 6.07) is 15.4. The molecule has 0 aliphatic carbocycles. The van der Waals surface area contributed by atoms with Crippen molar-refractivity contribution >= 4 is 23.4 Å². The summed E-state index contributed by atoms with van der Waals surface area (Å²) in [4.78, 5) is 1.31. The van der Waals surface area contributed by atoms with E-state index in [1.54, 1.807) is 0 Å². The van der Waals surface area contributed by atoms with Crippen molar-refractivity contribution in [2.75, 3.05) is 12.3 Å². The molecule has 2 aromatic rings. The molecular formula is C18H22ClNS. The Morgan fingerprint density at radius 1 is 1.10 bits per heavy atom. The van der Waals surface area contributed by atoms with Crippen LogP contribution in [0.4, 0.5) is 0 Å². The Balaban J connectivity index is 2.07. The molecule has 2 aromatic carbocycles. The van der Waals surface area contributed by atoms with Crippen molar-refractivity contribution in [2.45, 2.75) is 31.7 Å². The molecule has 0 fully saturated rings. The Bertz CT molecular complexity index is 580. The lowest BCUT2D eigenvalue weighted by Gasteiger charge is -2.19. The molecule has 0 saturated carbocycles. The Hall–Kier alpha value is -0.960. The molecule has 0 aromatic heterocycles. The summed E-state index contributed by atoms with van der Waals surface area (Å²) in [7, 11) is 0. The largest absolute Gasteiger partial charge is 0.309 e. The van der Waals surface area contributed by atoms with Crippen molar-refractivity contribution in [3.63, 3.8) is 0 Å². The number of aryl methyl sites for hydroxylation is 2. The molecule has 0 spiro atoms. The lowest BCUT2D eigenvalue weighted by molar-refractivity contribution is 0.606. The lowest BCUT2D eigenvalue weighted by atomic mass is 10.1. The minimum atomic E-state index is 0.319. The van der Waals surface area contributed by atoms with Gasteiger partial charge in [-0.05, 0) is 49.7 Å². The second-order valence-electron chi connectivity index (χ2n) is 5.24. The molecule has 2 rings (SSSR count). The topological polar surface area (TPSA) is 12.0 Å². The quantitative estimate of drug-likeness (QED) is 0.715. The second-order valence-corrected chi connectivity index (χ2v) is 6.74. The fourth-order valence-electron chi connectivity index (χ4n) is 2.16. The van der Waals surface area contributed by atoms with Gasteiger partial charge in [-0.1, -0.05) is 48.4 Å². The molecule has 1 atom stereocenters. The highest BCUT2D eigenvalue weighted by atomic mass is 35.5. The third-order valence-corrected chi connectivity index (χ3v) is 5.00. The maximum absolute atomic E-state index is 6.26. The summed E-state index contributed by atoms with van der Waals surface area (Å²) < 4.78 is 0. The number of thioether (sulfide) groups is 1. The van der Waals surface area contributed by atoms with E-state index in [-0.39, 0.29) is 0 Å². The van der Waals surface area contributed by atoms with Crippen LogP contribution in [-0.2, 0) is 0 Å². The third-order valence-electron chi connectivity index (χ3n) is 3.49. The lowest BCUT2D eigenvalue weighted by Crippen LogP contribution is -2.23. The van der Waals surface area contributed by atoms with Crippen LogP contribution in [0.2, 0.25) is 5.02 Å². The van der Waals surface area contributed by atoms with Gasteiger partial charge in [0.15, 0.2) is 0 Å². The van der Waals surface area contributed by atoms with Crippen molar-refractivity contribution in [1.82, 2.24) is 5.32 Å². The van der Waals surface area contributed by atoms with E-state index in [9.17, 15) is 0 Å². The predicted molar refractivity (Wildman–Crippen MR) is 94.5 cm³/mol. The van der Waals surface area contributed by atoms with Crippen molar-refractivity contribution in [2.24, 2.45) is 0 Å². The Kier molecular flexibility index (Phi) is 6.16. The van der Waals surface area contributed by atoms with E-state index in [1.165, 1.54) is 16.0 Å². The molecule has 1 unspecified atom stereocenters. The molecule has 0 radical (unpaired) electrons. The van der Waals surface area contributed by atoms with Crippen LogP contribution in [0, 0.1) is 13.8 Å². The van der Waals surface area contributed by atoms with Crippen molar-refractivity contribution in [3.05, 3.63) is 64.2 Å². The number of nitrogens with one attached hydrogen (secondary N) is 1. The van der Waals surface area contributed by atoms with Crippen molar-refractivity contribution in [1.29, 1.82) is 0 Å². The number of benzene rings is 2. The minimum Gasteiger partial charge on any atom is -0.309 e. The number of rotatable bonds is 6. The monoisotopic (exact) mass is 319 g/mol. The first-order valence-electron chi connectivity index (χ1n) is 7.29. The van der Waals surface area contributed by atoms with Crippen LogP contribution < -0.4 is 5.32 Å². The van der Waals surface area contributed by atoms with Crippen LogP contribution in [0.15, 0.2) is 47.4 Å². The SMILES string of the molecule is CCNC(CSc1ccc(C)cc1)c1ccc(C)c(Cl)c1. The van der Waals surface area contributed by atoms with Gasteiger partial charge < -0.3 is 5.32 Å². The predicted octanol–water partition coefficient (Wildman–Crippen LogP) is 5.40. The van der Waals surface area contributed by atoms with Crippen LogP contribution in [0.3, 0.4) is 0 Å². The van der Waals surface area contributed by atoms with E-state index in [2.05, 4.69) is 61.6 Å². The summed E-state index contributed by atoms with van der Waals surface area (Å²) in [6.07, 6.45) is 0. The van der Waals surface area contributed by atoms with Gasteiger partial charge in [-0.2, -0.15) is 0 Å². The normalized spacial score (nSPS) is 12.4. The van der Waals surface area contributed by atoms with E-state index in [1.807, 2.05) is 18.7 Å². The molecule has 0 saturated heterocycles. The van der Waals surface area contributed by atoms with Gasteiger partial charge in [-0.3, -0.25) is 0 Å². The zero-order chi connectivity index (χ0) is 15.2. The molecule has 3 heteroatoms. The van der Waals surface area contributed by atoms with E-state index in [0.717, 1.165) is 22.9 Å². The summed E-state index contributed by atoms with van der Waals surface area (Å²) in [5.41, 5.74) is 3.68. The smallest absolute Gasteiger partial charge is 0.0438 e. The molecule has 1 nitrogen and oxygen atoms in total. The molecule has 0 aliphatic heterocycles. The van der Waals surface area contributed by atoms with Crippen LogP contribution in [-0.4, -0.2) is 12.3 Å². The fraction of sp³-hybridized carbons (Fsp3) is 0.333. The Morgan fingerprint density at radius 3 is 2.43 bits per heavy atom. The van der Waals surface area contributed by atoms with Gasteiger partial charge in [0, 0.05) is 21.7 Å².